The van der Waals surface area contributed by atoms with Gasteiger partial charge in [-0.2, -0.15) is 27.8 Å². The van der Waals surface area contributed by atoms with Gasteiger partial charge in [0.2, 0.25) is 0 Å². The van der Waals surface area contributed by atoms with Crippen molar-refractivity contribution in [2.24, 2.45) is 0 Å². The molecule has 0 saturated heterocycles. The number of methoxy groups -OCH3 is 1. The van der Waals surface area contributed by atoms with Gasteiger partial charge in [-0.15, -0.1) is 0 Å². The second-order valence-electron chi connectivity index (χ2n) is 3.74. The highest BCUT2D eigenvalue weighted by Crippen LogP contribution is 2.10. The predicted molar refractivity (Wildman–Crippen MR) is 64.2 cm³/mol. The highest BCUT2D eigenvalue weighted by molar-refractivity contribution is 5.88. The quantitative estimate of drug-likeness (QED) is 0.685. The number of hydrogen-bond donors (Lipinski definition) is 1. The van der Waals surface area contributed by atoms with Crippen LogP contribution in [-0.2, 0) is 11.3 Å². The van der Waals surface area contributed by atoms with Crippen molar-refractivity contribution in [3.8, 4) is 0 Å². The third kappa shape index (κ3) is 4.84. The predicted octanol–water partition coefficient (Wildman–Crippen LogP) is 1.84. The number of carbonyl (C=O) groups is 1. The topological polar surface area (TPSA) is 82.2 Å². The second kappa shape index (κ2) is 8.12. The van der Waals surface area contributed by atoms with Crippen LogP contribution in [0.5, 0.6) is 0 Å². The number of esters is 1. The molecule has 2 aromatic heterocycles. The Morgan fingerprint density at radius 1 is 1.18 bits per heavy atom. The summed E-state index contributed by atoms with van der Waals surface area (Å²) in [5.41, 5.74) is 0.401. The summed E-state index contributed by atoms with van der Waals surface area (Å²) in [5, 5.41) is 15.0. The number of alkyl halides is 4. The summed E-state index contributed by atoms with van der Waals surface area (Å²) >= 11 is 0. The Labute approximate surface area is 121 Å². The molecule has 0 fully saturated rings. The smallest absolute Gasteiger partial charge is 0.341 e. The molecule has 0 aliphatic heterocycles. The van der Waals surface area contributed by atoms with E-state index in [-0.39, 0.29) is 12.2 Å². The fourth-order valence-corrected chi connectivity index (χ4v) is 1.23. The zero-order chi connectivity index (χ0) is 16.7. The minimum atomic E-state index is -2.73. The van der Waals surface area contributed by atoms with E-state index in [2.05, 4.69) is 14.9 Å². The van der Waals surface area contributed by atoms with Crippen LogP contribution in [0.3, 0.4) is 0 Å². The Bertz CT molecular complexity index is 600. The molecule has 0 saturated carbocycles. The average Bonchev–Trinajstić information content (AvgIpc) is 3.15. The van der Waals surface area contributed by atoms with Gasteiger partial charge in [0, 0.05) is 18.0 Å². The number of halogens is 4. The minimum absolute atomic E-state index is 0.0119. The van der Waals surface area contributed by atoms with Crippen LogP contribution in [0.2, 0.25) is 0 Å². The maximum Gasteiger partial charge on any atom is 0.341 e. The van der Waals surface area contributed by atoms with Crippen LogP contribution in [0.4, 0.5) is 17.6 Å². The molecular weight excluding hydrogens is 312 g/mol. The standard InChI is InChI=1S/C6H6F2N2O2.C5H6F2N2O/c1-12-5(11)4-2-9-10(3-4)6(7)8;6-5(7)9-2-4(3-10)1-8-9/h2-3,6H,1H3;1-2,5,10H,3H2. The van der Waals surface area contributed by atoms with Gasteiger partial charge in [-0.3, -0.25) is 0 Å². The normalized spacial score (nSPS) is 10.5. The van der Waals surface area contributed by atoms with Crippen LogP contribution in [0.1, 0.15) is 29.0 Å². The fraction of sp³-hybridized carbons (Fsp3) is 0.364. The number of aromatic nitrogens is 4. The van der Waals surface area contributed by atoms with Crippen LogP contribution in [0.25, 0.3) is 0 Å². The molecule has 0 atom stereocenters. The molecule has 7 nitrogen and oxygen atoms in total. The summed E-state index contributed by atoms with van der Waals surface area (Å²) in [6.07, 6.45) is 4.26. The maximum absolute atomic E-state index is 11.9. The first kappa shape index (κ1) is 17.6. The Balaban J connectivity index is 0.000000224. The Morgan fingerprint density at radius 2 is 1.73 bits per heavy atom. The summed E-state index contributed by atoms with van der Waals surface area (Å²) in [6.45, 7) is -5.61. The van der Waals surface area contributed by atoms with Gasteiger partial charge in [-0.1, -0.05) is 0 Å². The molecule has 1 N–H and O–H groups in total. The zero-order valence-electron chi connectivity index (χ0n) is 11.2. The first-order valence-corrected chi connectivity index (χ1v) is 5.71. The molecule has 2 heterocycles. The number of ether oxygens (including phenoxy) is 1. The van der Waals surface area contributed by atoms with Gasteiger partial charge in [0.15, 0.2) is 0 Å². The lowest BCUT2D eigenvalue weighted by molar-refractivity contribution is 0.0552. The average molecular weight is 324 g/mol. The largest absolute Gasteiger partial charge is 0.465 e. The van der Waals surface area contributed by atoms with Crippen LogP contribution >= 0.6 is 0 Å². The Hall–Kier alpha value is -2.43. The van der Waals surface area contributed by atoms with Gasteiger partial charge in [-0.05, 0) is 0 Å². The van der Waals surface area contributed by atoms with Crippen LogP contribution < -0.4 is 0 Å². The molecule has 0 radical (unpaired) electrons. The lowest BCUT2D eigenvalue weighted by Crippen LogP contribution is -2.00. The molecule has 0 spiro atoms. The van der Waals surface area contributed by atoms with E-state index in [1.807, 2.05) is 0 Å². The van der Waals surface area contributed by atoms with E-state index in [9.17, 15) is 22.4 Å². The highest BCUT2D eigenvalue weighted by Gasteiger charge is 2.12. The van der Waals surface area contributed by atoms with Crippen molar-refractivity contribution in [2.45, 2.75) is 19.7 Å². The van der Waals surface area contributed by atoms with Gasteiger partial charge >= 0.3 is 19.1 Å². The van der Waals surface area contributed by atoms with Crippen molar-refractivity contribution in [1.82, 2.24) is 19.6 Å². The fourth-order valence-electron chi connectivity index (χ4n) is 1.23. The summed E-state index contributed by atoms with van der Waals surface area (Å²) in [6, 6.07) is 0. The van der Waals surface area contributed by atoms with E-state index in [0.717, 1.165) is 18.6 Å². The number of aliphatic hydroxyl groups excluding tert-OH is 1. The molecule has 2 aromatic rings. The van der Waals surface area contributed by atoms with Gasteiger partial charge in [-0.25, -0.2) is 14.2 Å². The van der Waals surface area contributed by atoms with E-state index >= 15 is 0 Å². The second-order valence-corrected chi connectivity index (χ2v) is 3.74. The van der Waals surface area contributed by atoms with Gasteiger partial charge in [0.1, 0.15) is 0 Å². The lowest BCUT2D eigenvalue weighted by atomic mass is 10.4. The number of aliphatic hydroxyl groups is 1. The molecule has 122 valence electrons. The van der Waals surface area contributed by atoms with Crippen LogP contribution in [0.15, 0.2) is 24.8 Å². The minimum Gasteiger partial charge on any atom is -0.465 e. The number of rotatable bonds is 4. The Kier molecular flexibility index (Phi) is 6.50. The van der Waals surface area contributed by atoms with Gasteiger partial charge in [0.25, 0.3) is 0 Å². The molecule has 2 rings (SSSR count). The molecule has 0 aromatic carbocycles. The molecule has 0 unspecified atom stereocenters. The van der Waals surface area contributed by atoms with E-state index in [1.165, 1.54) is 13.3 Å². The third-order valence-corrected chi connectivity index (χ3v) is 2.26. The molecule has 22 heavy (non-hydrogen) atoms. The number of nitrogens with zero attached hydrogens (tertiary/aromatic N) is 4. The SMILES string of the molecule is COC(=O)c1cnn(C(F)F)c1.OCc1cnn(C(F)F)c1. The third-order valence-electron chi connectivity index (χ3n) is 2.26. The highest BCUT2D eigenvalue weighted by atomic mass is 19.3. The zero-order valence-corrected chi connectivity index (χ0v) is 11.2. The summed E-state index contributed by atoms with van der Waals surface area (Å²) in [4.78, 5) is 10.7. The Morgan fingerprint density at radius 3 is 2.09 bits per heavy atom. The van der Waals surface area contributed by atoms with Crippen LogP contribution in [-0.4, -0.2) is 37.7 Å². The van der Waals surface area contributed by atoms with Gasteiger partial charge in [0.05, 0.1) is 31.7 Å². The molecule has 0 bridgehead atoms. The van der Waals surface area contributed by atoms with Crippen molar-refractivity contribution >= 4 is 5.97 Å². The summed E-state index contributed by atoms with van der Waals surface area (Å²) in [5.74, 6) is -0.679. The molecule has 0 amide bonds. The molecular formula is C11H12F4N4O3. The van der Waals surface area contributed by atoms with E-state index in [0.29, 0.717) is 14.9 Å². The number of carbonyl (C=O) groups excluding carboxylic acids is 1. The van der Waals surface area contributed by atoms with Crippen molar-refractivity contribution in [1.29, 1.82) is 0 Å². The van der Waals surface area contributed by atoms with Gasteiger partial charge < -0.3 is 9.84 Å². The lowest BCUT2D eigenvalue weighted by Gasteiger charge is -1.95. The van der Waals surface area contributed by atoms with Crippen LogP contribution in [0, 0.1) is 0 Å². The van der Waals surface area contributed by atoms with Crippen molar-refractivity contribution in [3.63, 3.8) is 0 Å². The van der Waals surface area contributed by atoms with Crippen molar-refractivity contribution in [3.05, 3.63) is 35.9 Å². The van der Waals surface area contributed by atoms with Crippen molar-refractivity contribution in [2.75, 3.05) is 7.11 Å². The summed E-state index contributed by atoms with van der Waals surface area (Å²) in [7, 11) is 1.17. The maximum atomic E-state index is 11.9. The monoisotopic (exact) mass is 324 g/mol. The molecule has 0 aliphatic rings. The number of hydrogen-bond acceptors (Lipinski definition) is 5. The molecule has 0 aliphatic carbocycles. The first-order valence-electron chi connectivity index (χ1n) is 5.71. The van der Waals surface area contributed by atoms with E-state index in [4.69, 9.17) is 5.11 Å². The first-order chi connectivity index (χ1) is 10.4. The van der Waals surface area contributed by atoms with Crippen molar-refractivity contribution < 1.29 is 32.2 Å². The van der Waals surface area contributed by atoms with E-state index in [1.54, 1.807) is 0 Å². The summed E-state index contributed by atoms with van der Waals surface area (Å²) < 4.78 is 52.4. The molecule has 11 heteroatoms. The van der Waals surface area contributed by atoms with E-state index < -0.39 is 19.1 Å².